The van der Waals surface area contributed by atoms with Crippen molar-refractivity contribution in [3.63, 3.8) is 0 Å². The Balaban J connectivity index is 1.44. The van der Waals surface area contributed by atoms with E-state index in [4.69, 9.17) is 4.74 Å². The molecule has 5 rings (SSSR count). The van der Waals surface area contributed by atoms with Gasteiger partial charge in [-0.25, -0.2) is 8.42 Å². The Morgan fingerprint density at radius 3 is 2.39 bits per heavy atom. The van der Waals surface area contributed by atoms with Crippen molar-refractivity contribution in [3.8, 4) is 11.4 Å². The zero-order chi connectivity index (χ0) is 21.8. The van der Waals surface area contributed by atoms with Gasteiger partial charge in [-0.3, -0.25) is 0 Å². The predicted octanol–water partition coefficient (Wildman–Crippen LogP) is 4.21. The molecule has 2 aromatic carbocycles. The van der Waals surface area contributed by atoms with E-state index in [1.165, 1.54) is 22.5 Å². The summed E-state index contributed by atoms with van der Waals surface area (Å²) in [6.07, 6.45) is 3.53. The van der Waals surface area contributed by atoms with E-state index < -0.39 is 10.0 Å². The number of aryl methyl sites for hydroxylation is 1. The molecule has 3 heterocycles. The van der Waals surface area contributed by atoms with Crippen molar-refractivity contribution in [1.29, 1.82) is 0 Å². The number of hydrogen-bond donors (Lipinski definition) is 1. The Morgan fingerprint density at radius 1 is 1.00 bits per heavy atom. The van der Waals surface area contributed by atoms with Crippen LogP contribution in [0.2, 0.25) is 0 Å². The molecule has 1 fully saturated rings. The van der Waals surface area contributed by atoms with Gasteiger partial charge in [-0.15, -0.1) is 0 Å². The number of piperidine rings is 1. The summed E-state index contributed by atoms with van der Waals surface area (Å²) in [4.78, 5) is 0.306. The van der Waals surface area contributed by atoms with Crippen molar-refractivity contribution in [2.45, 2.75) is 37.1 Å². The average Bonchev–Trinajstić information content (AvgIpc) is 3.28. The molecule has 0 saturated carbocycles. The molecule has 0 unspecified atom stereocenters. The fourth-order valence-corrected chi connectivity index (χ4v) is 6.33. The lowest BCUT2D eigenvalue weighted by Crippen LogP contribution is -2.51. The maximum Gasteiger partial charge on any atom is 0.243 e. The van der Waals surface area contributed by atoms with Crippen molar-refractivity contribution in [1.82, 2.24) is 8.87 Å². The number of aromatic nitrogens is 1. The Kier molecular flexibility index (Phi) is 4.64. The first-order valence-corrected chi connectivity index (χ1v) is 12.0. The summed E-state index contributed by atoms with van der Waals surface area (Å²) in [5, 5.41) is 3.79. The zero-order valence-corrected chi connectivity index (χ0v) is 18.9. The van der Waals surface area contributed by atoms with Crippen LogP contribution in [0.25, 0.3) is 5.69 Å². The van der Waals surface area contributed by atoms with E-state index in [1.807, 2.05) is 0 Å². The Bertz CT molecular complexity index is 1240. The molecule has 1 spiro atoms. The minimum absolute atomic E-state index is 0.274. The van der Waals surface area contributed by atoms with Gasteiger partial charge in [0.1, 0.15) is 5.75 Å². The number of sulfonamides is 1. The van der Waals surface area contributed by atoms with Gasteiger partial charge in [-0.1, -0.05) is 6.07 Å². The fraction of sp³-hybridized carbons (Fsp3) is 0.333. The predicted molar refractivity (Wildman–Crippen MR) is 122 cm³/mol. The third-order valence-electron chi connectivity index (χ3n) is 6.83. The summed E-state index contributed by atoms with van der Waals surface area (Å²) in [7, 11) is -1.96. The number of anilines is 1. The summed E-state index contributed by atoms with van der Waals surface area (Å²) in [5.41, 5.74) is 5.75. The van der Waals surface area contributed by atoms with E-state index in [-0.39, 0.29) is 5.54 Å². The van der Waals surface area contributed by atoms with Crippen LogP contribution in [0.5, 0.6) is 5.75 Å². The Hall–Kier alpha value is -2.77. The highest BCUT2D eigenvalue weighted by Crippen LogP contribution is 2.45. The smallest absolute Gasteiger partial charge is 0.243 e. The van der Waals surface area contributed by atoms with Gasteiger partial charge in [-0.05, 0) is 80.3 Å². The van der Waals surface area contributed by atoms with E-state index in [2.05, 4.69) is 54.2 Å². The first-order valence-electron chi connectivity index (χ1n) is 10.6. The van der Waals surface area contributed by atoms with E-state index in [0.29, 0.717) is 36.6 Å². The number of ether oxygens (including phenoxy) is 1. The van der Waals surface area contributed by atoms with Crippen LogP contribution in [0.15, 0.2) is 59.6 Å². The molecule has 6 nitrogen and oxygen atoms in total. The molecular formula is C24H27N3O3S. The quantitative estimate of drug-likeness (QED) is 0.667. The second-order valence-corrected chi connectivity index (χ2v) is 10.4. The molecule has 2 aliphatic heterocycles. The molecule has 0 amide bonds. The van der Waals surface area contributed by atoms with E-state index in [1.54, 1.807) is 35.7 Å². The third kappa shape index (κ3) is 3.06. The Morgan fingerprint density at radius 2 is 1.71 bits per heavy atom. The molecule has 0 aliphatic carbocycles. The van der Waals surface area contributed by atoms with Crippen LogP contribution < -0.4 is 10.1 Å². The topological polar surface area (TPSA) is 63.6 Å². The highest BCUT2D eigenvalue weighted by atomic mass is 32.2. The summed E-state index contributed by atoms with van der Waals surface area (Å²) in [5.74, 6) is 0.646. The molecule has 7 heteroatoms. The second kappa shape index (κ2) is 7.14. The molecule has 2 aliphatic rings. The molecule has 0 bridgehead atoms. The second-order valence-electron chi connectivity index (χ2n) is 8.45. The van der Waals surface area contributed by atoms with Gasteiger partial charge in [0.2, 0.25) is 10.0 Å². The monoisotopic (exact) mass is 437 g/mol. The summed E-state index contributed by atoms with van der Waals surface area (Å²) in [6, 6.07) is 15.1. The lowest BCUT2D eigenvalue weighted by Gasteiger charge is -2.46. The average molecular weight is 438 g/mol. The molecule has 1 N–H and O–H groups in total. The van der Waals surface area contributed by atoms with Crippen LogP contribution in [-0.4, -0.2) is 37.5 Å². The van der Waals surface area contributed by atoms with Gasteiger partial charge in [-0.2, -0.15) is 4.31 Å². The maximum atomic E-state index is 13.2. The number of methoxy groups -OCH3 is 1. The molecule has 31 heavy (non-hydrogen) atoms. The summed E-state index contributed by atoms with van der Waals surface area (Å²) in [6.45, 7) is 5.22. The number of fused-ring (bicyclic) bond motifs is 4. The SMILES string of the molecule is COc1ccc(S(=O)(=O)N2CCC3(CC2)Nc2ccc(C)c(C)c2-n2cccc23)cc1. The number of nitrogens with zero attached hydrogens (tertiary/aromatic N) is 2. The van der Waals surface area contributed by atoms with Crippen LogP contribution in [0, 0.1) is 13.8 Å². The van der Waals surface area contributed by atoms with Crippen molar-refractivity contribution in [2.75, 3.05) is 25.5 Å². The van der Waals surface area contributed by atoms with Crippen LogP contribution in [0.4, 0.5) is 5.69 Å². The minimum atomic E-state index is -3.54. The summed E-state index contributed by atoms with van der Waals surface area (Å²) < 4.78 is 35.4. The molecule has 0 atom stereocenters. The lowest BCUT2D eigenvalue weighted by molar-refractivity contribution is 0.247. The largest absolute Gasteiger partial charge is 0.497 e. The van der Waals surface area contributed by atoms with E-state index >= 15 is 0 Å². The molecular weight excluding hydrogens is 410 g/mol. The van der Waals surface area contributed by atoms with Gasteiger partial charge in [0.05, 0.1) is 28.9 Å². The maximum absolute atomic E-state index is 13.2. The molecule has 3 aromatic rings. The number of rotatable bonds is 3. The fourth-order valence-electron chi connectivity index (χ4n) is 4.89. The normalized spacial score (nSPS) is 17.6. The van der Waals surface area contributed by atoms with E-state index in [9.17, 15) is 8.42 Å². The van der Waals surface area contributed by atoms with Crippen molar-refractivity contribution >= 4 is 15.7 Å². The van der Waals surface area contributed by atoms with Crippen LogP contribution >= 0.6 is 0 Å². The van der Waals surface area contributed by atoms with E-state index in [0.717, 1.165) is 5.69 Å². The molecule has 162 valence electrons. The van der Waals surface area contributed by atoms with Crippen molar-refractivity contribution in [2.24, 2.45) is 0 Å². The number of hydrogen-bond acceptors (Lipinski definition) is 4. The molecule has 1 saturated heterocycles. The molecule has 0 radical (unpaired) electrons. The van der Waals surface area contributed by atoms with Gasteiger partial charge in [0.25, 0.3) is 0 Å². The van der Waals surface area contributed by atoms with Crippen molar-refractivity contribution < 1.29 is 13.2 Å². The lowest BCUT2D eigenvalue weighted by atomic mass is 9.82. The van der Waals surface area contributed by atoms with Gasteiger partial charge < -0.3 is 14.6 Å². The van der Waals surface area contributed by atoms with Crippen LogP contribution in [0.3, 0.4) is 0 Å². The van der Waals surface area contributed by atoms with Crippen molar-refractivity contribution in [3.05, 3.63) is 71.5 Å². The minimum Gasteiger partial charge on any atom is -0.497 e. The molecule has 1 aromatic heterocycles. The standard InChI is InChI=1S/C24H27N3O3S/c1-17-6-11-21-23(18(17)2)27-14-4-5-22(27)24(25-21)12-15-26(16-13-24)31(28,29)20-9-7-19(30-3)8-10-20/h4-11,14,25H,12-13,15-16H2,1-3H3. The Labute approximate surface area is 183 Å². The van der Waals surface area contributed by atoms with Gasteiger partial charge in [0.15, 0.2) is 0 Å². The zero-order valence-electron chi connectivity index (χ0n) is 18.1. The van der Waals surface area contributed by atoms with Gasteiger partial charge >= 0.3 is 0 Å². The van der Waals surface area contributed by atoms with Crippen LogP contribution in [-0.2, 0) is 15.6 Å². The highest BCUT2D eigenvalue weighted by molar-refractivity contribution is 7.89. The van der Waals surface area contributed by atoms with Gasteiger partial charge in [0, 0.05) is 25.0 Å². The first-order chi connectivity index (χ1) is 14.9. The number of benzene rings is 2. The first kappa shape index (κ1) is 20.2. The van der Waals surface area contributed by atoms with Crippen LogP contribution in [0.1, 0.15) is 29.7 Å². The number of nitrogens with one attached hydrogen (secondary N) is 1. The third-order valence-corrected chi connectivity index (χ3v) is 8.74. The highest BCUT2D eigenvalue weighted by Gasteiger charge is 2.44. The summed E-state index contributed by atoms with van der Waals surface area (Å²) >= 11 is 0.